The van der Waals surface area contributed by atoms with Gasteiger partial charge in [-0.2, -0.15) is 4.31 Å². The fourth-order valence-corrected chi connectivity index (χ4v) is 4.62. The van der Waals surface area contributed by atoms with Crippen LogP contribution in [-0.4, -0.2) is 36.3 Å². The Kier molecular flexibility index (Phi) is 6.11. The first kappa shape index (κ1) is 21.1. The number of rotatable bonds is 7. The number of sulfonamides is 1. The average Bonchev–Trinajstić information content (AvgIpc) is 2.99. The number of anilines is 1. The number of para-hydroxylation sites is 1. The third-order valence-electron chi connectivity index (χ3n) is 4.43. The molecule has 1 aromatic heterocycles. The van der Waals surface area contributed by atoms with Crippen molar-refractivity contribution in [2.75, 3.05) is 18.4 Å². The molecule has 1 N–H and O–H groups in total. The number of oxazole rings is 1. The predicted octanol–water partition coefficient (Wildman–Crippen LogP) is 2.92. The van der Waals surface area contributed by atoms with Crippen molar-refractivity contribution in [3.63, 3.8) is 0 Å². The summed E-state index contributed by atoms with van der Waals surface area (Å²) >= 11 is 6.02. The molecule has 0 saturated heterocycles. The summed E-state index contributed by atoms with van der Waals surface area (Å²) in [4.78, 5) is 24.6. The Morgan fingerprint density at radius 2 is 1.86 bits per heavy atom. The molecule has 10 heteroatoms. The maximum absolute atomic E-state index is 12.7. The van der Waals surface area contributed by atoms with E-state index in [1.165, 1.54) is 22.5 Å². The third kappa shape index (κ3) is 4.21. The van der Waals surface area contributed by atoms with Crippen molar-refractivity contribution in [3.05, 3.63) is 58.0 Å². The van der Waals surface area contributed by atoms with E-state index in [1.807, 2.05) is 0 Å². The van der Waals surface area contributed by atoms with Crippen LogP contribution < -0.4 is 11.1 Å². The third-order valence-corrected chi connectivity index (χ3v) is 6.81. The van der Waals surface area contributed by atoms with Crippen molar-refractivity contribution in [1.29, 1.82) is 0 Å². The van der Waals surface area contributed by atoms with Gasteiger partial charge in [-0.3, -0.25) is 9.36 Å². The Hall–Kier alpha value is -2.62. The van der Waals surface area contributed by atoms with E-state index in [4.69, 9.17) is 16.0 Å². The number of amides is 1. The van der Waals surface area contributed by atoms with Gasteiger partial charge in [-0.05, 0) is 24.3 Å². The van der Waals surface area contributed by atoms with Crippen LogP contribution in [0.3, 0.4) is 0 Å². The summed E-state index contributed by atoms with van der Waals surface area (Å²) in [5, 5.41) is 3.00. The molecule has 3 aromatic rings. The lowest BCUT2D eigenvalue weighted by atomic mass is 10.3. The smallest absolute Gasteiger partial charge is 0.408 e. The molecule has 1 heterocycles. The van der Waals surface area contributed by atoms with Gasteiger partial charge in [0.15, 0.2) is 5.58 Å². The number of carbonyl (C=O) groups is 1. The van der Waals surface area contributed by atoms with Crippen molar-refractivity contribution in [2.24, 2.45) is 0 Å². The van der Waals surface area contributed by atoms with E-state index in [0.717, 1.165) is 4.57 Å². The molecule has 0 spiro atoms. The van der Waals surface area contributed by atoms with Crippen LogP contribution in [0.4, 0.5) is 5.69 Å². The second kappa shape index (κ2) is 8.40. The van der Waals surface area contributed by atoms with Gasteiger partial charge in [-0.15, -0.1) is 0 Å². The van der Waals surface area contributed by atoms with Crippen LogP contribution in [0, 0.1) is 0 Å². The van der Waals surface area contributed by atoms with Crippen LogP contribution in [-0.2, 0) is 21.4 Å². The molecule has 0 bridgehead atoms. The molecule has 0 fully saturated rings. The molecule has 0 aliphatic carbocycles. The second-order valence-electron chi connectivity index (χ2n) is 6.20. The molecule has 29 heavy (non-hydrogen) atoms. The lowest BCUT2D eigenvalue weighted by molar-refractivity contribution is -0.116. The quantitative estimate of drug-likeness (QED) is 0.612. The summed E-state index contributed by atoms with van der Waals surface area (Å²) in [6, 6.07) is 10.9. The van der Waals surface area contributed by atoms with Gasteiger partial charge in [0.1, 0.15) is 6.54 Å². The summed E-state index contributed by atoms with van der Waals surface area (Å²) in [6.07, 6.45) is 0. The SMILES string of the molecule is CCN(CC)S(=O)(=O)c1ccc2c(c1)oc(=O)n2CC(=O)Nc1ccccc1Cl. The zero-order valence-corrected chi connectivity index (χ0v) is 17.5. The van der Waals surface area contributed by atoms with Crippen LogP contribution >= 0.6 is 11.6 Å². The van der Waals surface area contributed by atoms with Gasteiger partial charge in [-0.25, -0.2) is 13.2 Å². The highest BCUT2D eigenvalue weighted by atomic mass is 35.5. The molecule has 8 nitrogen and oxygen atoms in total. The van der Waals surface area contributed by atoms with E-state index < -0.39 is 21.7 Å². The minimum atomic E-state index is -3.70. The predicted molar refractivity (Wildman–Crippen MR) is 111 cm³/mol. The number of nitrogens with one attached hydrogen (secondary N) is 1. The number of benzene rings is 2. The van der Waals surface area contributed by atoms with Crippen molar-refractivity contribution in [1.82, 2.24) is 8.87 Å². The fraction of sp³-hybridized carbons (Fsp3) is 0.263. The van der Waals surface area contributed by atoms with Crippen molar-refractivity contribution in [2.45, 2.75) is 25.3 Å². The van der Waals surface area contributed by atoms with Gasteiger partial charge in [0.2, 0.25) is 15.9 Å². The van der Waals surface area contributed by atoms with Crippen LogP contribution in [0.1, 0.15) is 13.8 Å². The van der Waals surface area contributed by atoms with Crippen LogP contribution in [0.25, 0.3) is 11.1 Å². The number of aromatic nitrogens is 1. The standard InChI is InChI=1S/C19H20ClN3O5S/c1-3-22(4-2)29(26,27)13-9-10-16-17(11-13)28-19(25)23(16)12-18(24)21-15-8-6-5-7-14(15)20/h5-11H,3-4,12H2,1-2H3,(H,21,24). The first-order valence-corrected chi connectivity index (χ1v) is 10.8. The maximum atomic E-state index is 12.7. The number of hydrogen-bond donors (Lipinski definition) is 1. The largest absolute Gasteiger partial charge is 0.420 e. The van der Waals surface area contributed by atoms with Gasteiger partial charge in [0.25, 0.3) is 0 Å². The topological polar surface area (TPSA) is 102 Å². The van der Waals surface area contributed by atoms with E-state index >= 15 is 0 Å². The summed E-state index contributed by atoms with van der Waals surface area (Å²) < 4.78 is 32.9. The molecule has 0 radical (unpaired) electrons. The van der Waals surface area contributed by atoms with Gasteiger partial charge in [0, 0.05) is 19.2 Å². The summed E-state index contributed by atoms with van der Waals surface area (Å²) in [7, 11) is -3.70. The molecular formula is C19H20ClN3O5S. The number of fused-ring (bicyclic) bond motifs is 1. The Morgan fingerprint density at radius 3 is 2.52 bits per heavy atom. The molecule has 0 unspecified atom stereocenters. The zero-order valence-electron chi connectivity index (χ0n) is 15.9. The Morgan fingerprint density at radius 1 is 1.17 bits per heavy atom. The molecule has 0 atom stereocenters. The molecule has 154 valence electrons. The van der Waals surface area contributed by atoms with E-state index in [1.54, 1.807) is 38.1 Å². The average molecular weight is 438 g/mol. The van der Waals surface area contributed by atoms with Crippen molar-refractivity contribution < 1.29 is 17.6 Å². The van der Waals surface area contributed by atoms with E-state index in [2.05, 4.69) is 5.32 Å². The normalized spacial score (nSPS) is 11.9. The first-order chi connectivity index (χ1) is 13.8. The molecule has 0 aliphatic rings. The lowest BCUT2D eigenvalue weighted by Crippen LogP contribution is -2.30. The lowest BCUT2D eigenvalue weighted by Gasteiger charge is -2.18. The maximum Gasteiger partial charge on any atom is 0.420 e. The number of nitrogens with zero attached hydrogens (tertiary/aromatic N) is 2. The minimum absolute atomic E-state index is 0.0233. The van der Waals surface area contributed by atoms with E-state index in [-0.39, 0.29) is 17.0 Å². The first-order valence-electron chi connectivity index (χ1n) is 8.95. The highest BCUT2D eigenvalue weighted by molar-refractivity contribution is 7.89. The molecule has 3 rings (SSSR count). The van der Waals surface area contributed by atoms with Gasteiger partial charge in [0.05, 0.1) is 21.1 Å². The monoisotopic (exact) mass is 437 g/mol. The Bertz CT molecular complexity index is 1210. The molecule has 1 amide bonds. The van der Waals surface area contributed by atoms with Crippen LogP contribution in [0.2, 0.25) is 5.02 Å². The zero-order chi connectivity index (χ0) is 21.2. The summed E-state index contributed by atoms with van der Waals surface area (Å²) in [5.41, 5.74) is 0.837. The highest BCUT2D eigenvalue weighted by Gasteiger charge is 2.23. The minimum Gasteiger partial charge on any atom is -0.408 e. The van der Waals surface area contributed by atoms with Crippen molar-refractivity contribution >= 4 is 44.3 Å². The van der Waals surface area contributed by atoms with Crippen LogP contribution in [0.15, 0.2) is 56.6 Å². The highest BCUT2D eigenvalue weighted by Crippen LogP contribution is 2.23. The summed E-state index contributed by atoms with van der Waals surface area (Å²) in [5.74, 6) is -1.23. The number of halogens is 1. The Labute approximate surface area is 172 Å². The van der Waals surface area contributed by atoms with E-state index in [9.17, 15) is 18.0 Å². The van der Waals surface area contributed by atoms with Crippen molar-refractivity contribution in [3.8, 4) is 0 Å². The fourth-order valence-electron chi connectivity index (χ4n) is 2.97. The second-order valence-corrected chi connectivity index (χ2v) is 8.55. The Balaban J connectivity index is 1.91. The molecule has 2 aromatic carbocycles. The molecule has 0 saturated carbocycles. The molecular weight excluding hydrogens is 418 g/mol. The number of carbonyl (C=O) groups excluding carboxylic acids is 1. The van der Waals surface area contributed by atoms with Gasteiger partial charge < -0.3 is 9.73 Å². The van der Waals surface area contributed by atoms with Gasteiger partial charge >= 0.3 is 5.76 Å². The summed E-state index contributed by atoms with van der Waals surface area (Å²) in [6.45, 7) is 3.83. The van der Waals surface area contributed by atoms with Gasteiger partial charge in [-0.1, -0.05) is 37.6 Å². The van der Waals surface area contributed by atoms with Crippen LogP contribution in [0.5, 0.6) is 0 Å². The number of hydrogen-bond acceptors (Lipinski definition) is 5. The van der Waals surface area contributed by atoms with E-state index in [0.29, 0.717) is 29.3 Å². The molecule has 0 aliphatic heterocycles.